The SMILES string of the molecule is CC(C)(C)OC(=O)N1CCCC(C(=O)NC(C(N)=O)c2ccccc2)C1. The van der Waals surface area contributed by atoms with Crippen LogP contribution in [0.4, 0.5) is 4.79 Å². The van der Waals surface area contributed by atoms with Gasteiger partial charge in [-0.2, -0.15) is 0 Å². The summed E-state index contributed by atoms with van der Waals surface area (Å²) in [6, 6.07) is 7.97. The highest BCUT2D eigenvalue weighted by molar-refractivity contribution is 5.88. The minimum atomic E-state index is -0.888. The summed E-state index contributed by atoms with van der Waals surface area (Å²) >= 11 is 0. The smallest absolute Gasteiger partial charge is 0.410 e. The summed E-state index contributed by atoms with van der Waals surface area (Å²) in [7, 11) is 0. The Morgan fingerprint density at radius 2 is 1.88 bits per heavy atom. The molecule has 0 radical (unpaired) electrons. The van der Waals surface area contributed by atoms with Crippen molar-refractivity contribution < 1.29 is 19.1 Å². The molecule has 142 valence electrons. The minimum Gasteiger partial charge on any atom is -0.444 e. The molecule has 7 nitrogen and oxygen atoms in total. The van der Waals surface area contributed by atoms with Crippen LogP contribution in [0.1, 0.15) is 45.2 Å². The first-order valence-electron chi connectivity index (χ1n) is 8.80. The van der Waals surface area contributed by atoms with Gasteiger partial charge in [0.05, 0.1) is 5.92 Å². The molecule has 2 rings (SSSR count). The van der Waals surface area contributed by atoms with Gasteiger partial charge in [0.25, 0.3) is 0 Å². The maximum atomic E-state index is 12.6. The molecule has 2 unspecified atom stereocenters. The third kappa shape index (κ3) is 5.47. The van der Waals surface area contributed by atoms with E-state index in [0.717, 1.165) is 0 Å². The number of carbonyl (C=O) groups excluding carboxylic acids is 3. The zero-order chi connectivity index (χ0) is 19.3. The summed E-state index contributed by atoms with van der Waals surface area (Å²) in [4.78, 5) is 38.2. The second kappa shape index (κ2) is 8.21. The molecule has 3 N–H and O–H groups in total. The molecule has 0 aromatic heterocycles. The van der Waals surface area contributed by atoms with Crippen LogP contribution in [0, 0.1) is 5.92 Å². The van der Waals surface area contributed by atoms with Gasteiger partial charge in [0.15, 0.2) is 0 Å². The Bertz CT molecular complexity index is 654. The van der Waals surface area contributed by atoms with E-state index in [2.05, 4.69) is 5.32 Å². The number of nitrogens with one attached hydrogen (secondary N) is 1. The molecule has 7 heteroatoms. The fraction of sp³-hybridized carbons (Fsp3) is 0.526. The zero-order valence-electron chi connectivity index (χ0n) is 15.5. The number of rotatable bonds is 4. The molecule has 0 spiro atoms. The average molecular weight is 361 g/mol. The predicted molar refractivity (Wildman–Crippen MR) is 97.1 cm³/mol. The second-order valence-corrected chi connectivity index (χ2v) is 7.52. The highest BCUT2D eigenvalue weighted by Crippen LogP contribution is 2.21. The number of benzene rings is 1. The minimum absolute atomic E-state index is 0.265. The molecule has 1 saturated heterocycles. The summed E-state index contributed by atoms with van der Waals surface area (Å²) in [5.41, 5.74) is 5.50. The molecule has 1 heterocycles. The summed E-state index contributed by atoms with van der Waals surface area (Å²) < 4.78 is 5.38. The van der Waals surface area contributed by atoms with Crippen molar-refractivity contribution >= 4 is 17.9 Å². The lowest BCUT2D eigenvalue weighted by atomic mass is 9.96. The normalized spacial score (nSPS) is 18.7. The van der Waals surface area contributed by atoms with E-state index in [-0.39, 0.29) is 12.5 Å². The fourth-order valence-electron chi connectivity index (χ4n) is 2.91. The Morgan fingerprint density at radius 1 is 1.23 bits per heavy atom. The zero-order valence-corrected chi connectivity index (χ0v) is 15.5. The van der Waals surface area contributed by atoms with E-state index in [1.54, 1.807) is 49.9 Å². The standard InChI is InChI=1S/C19H27N3O4/c1-19(2,3)26-18(25)22-11-7-10-14(12-22)17(24)21-15(16(20)23)13-8-5-4-6-9-13/h4-6,8-9,14-15H,7,10-12H2,1-3H3,(H2,20,23)(H,21,24). The lowest BCUT2D eigenvalue weighted by Crippen LogP contribution is -2.48. The molecule has 0 bridgehead atoms. The number of carbonyl (C=O) groups is 3. The van der Waals surface area contributed by atoms with E-state index in [1.807, 2.05) is 6.07 Å². The van der Waals surface area contributed by atoms with Crippen LogP contribution in [0.25, 0.3) is 0 Å². The maximum absolute atomic E-state index is 12.6. The molecule has 1 aliphatic heterocycles. The van der Waals surface area contributed by atoms with Crippen LogP contribution in [0.15, 0.2) is 30.3 Å². The third-order valence-electron chi connectivity index (χ3n) is 4.15. The van der Waals surface area contributed by atoms with Gasteiger partial charge < -0.3 is 20.7 Å². The Morgan fingerprint density at radius 3 is 2.46 bits per heavy atom. The highest BCUT2D eigenvalue weighted by Gasteiger charge is 2.32. The van der Waals surface area contributed by atoms with Crippen LogP contribution in [-0.2, 0) is 14.3 Å². The van der Waals surface area contributed by atoms with Gasteiger partial charge in [-0.05, 0) is 39.2 Å². The lowest BCUT2D eigenvalue weighted by molar-refractivity contribution is -0.131. The molecule has 0 saturated carbocycles. The topological polar surface area (TPSA) is 102 Å². The largest absolute Gasteiger partial charge is 0.444 e. The Labute approximate surface area is 153 Å². The van der Waals surface area contributed by atoms with E-state index in [0.29, 0.717) is 24.9 Å². The predicted octanol–water partition coefficient (Wildman–Crippen LogP) is 1.98. The first-order chi connectivity index (χ1) is 12.2. The van der Waals surface area contributed by atoms with Crippen LogP contribution >= 0.6 is 0 Å². The Balaban J connectivity index is 2.02. The molecule has 1 fully saturated rings. The van der Waals surface area contributed by atoms with Gasteiger partial charge in [-0.15, -0.1) is 0 Å². The Hall–Kier alpha value is -2.57. The first kappa shape index (κ1) is 19.8. The number of piperidine rings is 1. The van der Waals surface area contributed by atoms with Crippen molar-refractivity contribution in [3.05, 3.63) is 35.9 Å². The van der Waals surface area contributed by atoms with E-state index in [9.17, 15) is 14.4 Å². The van der Waals surface area contributed by atoms with E-state index in [4.69, 9.17) is 10.5 Å². The first-order valence-corrected chi connectivity index (χ1v) is 8.80. The number of ether oxygens (including phenoxy) is 1. The molecule has 2 atom stereocenters. The van der Waals surface area contributed by atoms with Crippen LogP contribution in [0.5, 0.6) is 0 Å². The number of hydrogen-bond acceptors (Lipinski definition) is 4. The molecule has 1 aromatic rings. The summed E-state index contributed by atoms with van der Waals surface area (Å²) in [5, 5.41) is 2.72. The second-order valence-electron chi connectivity index (χ2n) is 7.52. The monoisotopic (exact) mass is 361 g/mol. The molecule has 26 heavy (non-hydrogen) atoms. The lowest BCUT2D eigenvalue weighted by Gasteiger charge is -2.34. The van der Waals surface area contributed by atoms with Gasteiger partial charge in [0.2, 0.25) is 11.8 Å². The van der Waals surface area contributed by atoms with Gasteiger partial charge in [0.1, 0.15) is 11.6 Å². The quantitative estimate of drug-likeness (QED) is 0.856. The van der Waals surface area contributed by atoms with Crippen molar-refractivity contribution in [3.8, 4) is 0 Å². The fourth-order valence-corrected chi connectivity index (χ4v) is 2.91. The van der Waals surface area contributed by atoms with Gasteiger partial charge in [-0.1, -0.05) is 30.3 Å². The molecule has 0 aliphatic carbocycles. The molecular formula is C19H27N3O4. The van der Waals surface area contributed by atoms with E-state index in [1.165, 1.54) is 0 Å². The Kier molecular flexibility index (Phi) is 6.23. The number of nitrogens with two attached hydrogens (primary N) is 1. The highest BCUT2D eigenvalue weighted by atomic mass is 16.6. The number of nitrogens with zero attached hydrogens (tertiary/aromatic N) is 1. The molecule has 3 amide bonds. The number of amides is 3. The van der Waals surface area contributed by atoms with Crippen LogP contribution in [0.3, 0.4) is 0 Å². The average Bonchev–Trinajstić information content (AvgIpc) is 2.58. The van der Waals surface area contributed by atoms with E-state index < -0.39 is 29.6 Å². The number of hydrogen-bond donors (Lipinski definition) is 2. The number of likely N-dealkylation sites (tertiary alicyclic amines) is 1. The van der Waals surface area contributed by atoms with Gasteiger partial charge in [-0.3, -0.25) is 9.59 Å². The van der Waals surface area contributed by atoms with E-state index >= 15 is 0 Å². The van der Waals surface area contributed by atoms with Crippen molar-refractivity contribution in [2.75, 3.05) is 13.1 Å². The summed E-state index contributed by atoms with van der Waals surface area (Å²) in [6.45, 7) is 6.22. The van der Waals surface area contributed by atoms with Crippen LogP contribution in [0.2, 0.25) is 0 Å². The van der Waals surface area contributed by atoms with Crippen molar-refractivity contribution in [2.45, 2.75) is 45.3 Å². The van der Waals surface area contributed by atoms with Gasteiger partial charge >= 0.3 is 6.09 Å². The van der Waals surface area contributed by atoms with Crippen molar-refractivity contribution in [1.29, 1.82) is 0 Å². The third-order valence-corrected chi connectivity index (χ3v) is 4.15. The van der Waals surface area contributed by atoms with Crippen LogP contribution < -0.4 is 11.1 Å². The summed E-state index contributed by atoms with van der Waals surface area (Å²) in [6.07, 6.45) is 0.916. The van der Waals surface area contributed by atoms with Crippen molar-refractivity contribution in [2.24, 2.45) is 11.7 Å². The van der Waals surface area contributed by atoms with Crippen molar-refractivity contribution in [1.82, 2.24) is 10.2 Å². The summed E-state index contributed by atoms with van der Waals surface area (Å²) in [5.74, 6) is -1.31. The molecular weight excluding hydrogens is 334 g/mol. The maximum Gasteiger partial charge on any atom is 0.410 e. The van der Waals surface area contributed by atoms with Crippen molar-refractivity contribution in [3.63, 3.8) is 0 Å². The van der Waals surface area contributed by atoms with Gasteiger partial charge in [-0.25, -0.2) is 4.79 Å². The van der Waals surface area contributed by atoms with Gasteiger partial charge in [0, 0.05) is 13.1 Å². The molecule has 1 aliphatic rings. The number of primary amides is 1. The van der Waals surface area contributed by atoms with Crippen LogP contribution in [-0.4, -0.2) is 41.5 Å². The molecule has 1 aromatic carbocycles.